The Morgan fingerprint density at radius 1 is 1.30 bits per heavy atom. The van der Waals surface area contributed by atoms with Crippen molar-refractivity contribution in [2.24, 2.45) is 0 Å². The van der Waals surface area contributed by atoms with E-state index in [0.717, 1.165) is 5.76 Å². The van der Waals surface area contributed by atoms with Crippen LogP contribution in [0.5, 0.6) is 0 Å². The van der Waals surface area contributed by atoms with Crippen LogP contribution in [-0.2, 0) is 4.79 Å². The average Bonchev–Trinajstić information content (AvgIpc) is 3.25. The smallest absolute Gasteiger partial charge is 0.287 e. The van der Waals surface area contributed by atoms with Crippen LogP contribution in [0.1, 0.15) is 16.3 Å². The van der Waals surface area contributed by atoms with E-state index in [9.17, 15) is 9.59 Å². The first-order chi connectivity index (χ1) is 11.1. The van der Waals surface area contributed by atoms with Gasteiger partial charge in [0.15, 0.2) is 16.7 Å². The molecule has 3 heterocycles. The number of anilines is 1. The summed E-state index contributed by atoms with van der Waals surface area (Å²) in [4.78, 5) is 27.7. The zero-order valence-corrected chi connectivity index (χ0v) is 13.0. The second kappa shape index (κ2) is 6.49. The summed E-state index contributed by atoms with van der Waals surface area (Å²) in [5.74, 6) is 0.768. The largest absolute Gasteiger partial charge is 0.460 e. The summed E-state index contributed by atoms with van der Waals surface area (Å²) in [6.45, 7) is 1.68. The minimum atomic E-state index is -0.448. The summed E-state index contributed by atoms with van der Waals surface area (Å²) >= 11 is 1.28. The van der Waals surface area contributed by atoms with Crippen molar-refractivity contribution in [1.29, 1.82) is 0 Å². The van der Waals surface area contributed by atoms with E-state index < -0.39 is 5.91 Å². The number of thiazole rings is 1. The number of hydrogen-bond acceptors (Lipinski definition) is 6. The average molecular weight is 331 g/mol. The van der Waals surface area contributed by atoms with Gasteiger partial charge in [-0.05, 0) is 31.2 Å². The number of aromatic nitrogens is 1. The van der Waals surface area contributed by atoms with E-state index in [0.29, 0.717) is 16.6 Å². The van der Waals surface area contributed by atoms with E-state index in [4.69, 9.17) is 8.83 Å². The molecule has 0 saturated carbocycles. The number of nitrogens with zero attached hydrogens (tertiary/aromatic N) is 1. The lowest BCUT2D eigenvalue weighted by molar-refractivity contribution is -0.115. The lowest BCUT2D eigenvalue weighted by Crippen LogP contribution is -2.32. The molecule has 0 radical (unpaired) electrons. The molecule has 3 aromatic heterocycles. The van der Waals surface area contributed by atoms with Crippen molar-refractivity contribution in [2.45, 2.75) is 6.92 Å². The minimum Gasteiger partial charge on any atom is -0.460 e. The maximum absolute atomic E-state index is 11.8. The van der Waals surface area contributed by atoms with Gasteiger partial charge in [0.05, 0.1) is 12.8 Å². The summed E-state index contributed by atoms with van der Waals surface area (Å²) < 4.78 is 10.4. The molecule has 0 aliphatic carbocycles. The van der Waals surface area contributed by atoms with Crippen LogP contribution in [0, 0.1) is 6.92 Å². The van der Waals surface area contributed by atoms with Gasteiger partial charge in [0, 0.05) is 5.38 Å². The van der Waals surface area contributed by atoms with Crippen LogP contribution < -0.4 is 10.6 Å². The van der Waals surface area contributed by atoms with Crippen LogP contribution in [0.15, 0.2) is 44.7 Å². The van der Waals surface area contributed by atoms with Crippen LogP contribution in [0.3, 0.4) is 0 Å². The molecule has 8 heteroatoms. The second-order valence-corrected chi connectivity index (χ2v) is 5.51. The molecule has 3 rings (SSSR count). The Kier molecular flexibility index (Phi) is 4.24. The summed E-state index contributed by atoms with van der Waals surface area (Å²) in [6.07, 6.45) is 1.39. The lowest BCUT2D eigenvalue weighted by Gasteiger charge is -2.03. The lowest BCUT2D eigenvalue weighted by atomic mass is 10.4. The number of carbonyl (C=O) groups excluding carboxylic acids is 2. The minimum absolute atomic E-state index is 0.155. The highest BCUT2D eigenvalue weighted by Crippen LogP contribution is 2.26. The molecule has 0 spiro atoms. The third-order valence-corrected chi connectivity index (χ3v) is 3.66. The van der Waals surface area contributed by atoms with Crippen LogP contribution in [0.4, 0.5) is 5.13 Å². The molecule has 23 heavy (non-hydrogen) atoms. The first kappa shape index (κ1) is 15.0. The molecule has 0 aromatic carbocycles. The summed E-state index contributed by atoms with van der Waals surface area (Å²) in [5, 5.41) is 7.30. The molecule has 0 fully saturated rings. The molecule has 0 aliphatic rings. The topological polar surface area (TPSA) is 97.4 Å². The van der Waals surface area contributed by atoms with Crippen molar-refractivity contribution >= 4 is 28.3 Å². The summed E-state index contributed by atoms with van der Waals surface area (Å²) in [7, 11) is 0. The molecular formula is C15H13N3O4S. The highest BCUT2D eigenvalue weighted by molar-refractivity contribution is 7.14. The first-order valence-electron chi connectivity index (χ1n) is 6.76. The zero-order chi connectivity index (χ0) is 16.2. The molecule has 7 nitrogen and oxygen atoms in total. The van der Waals surface area contributed by atoms with Gasteiger partial charge < -0.3 is 19.5 Å². The van der Waals surface area contributed by atoms with Crippen LogP contribution >= 0.6 is 11.3 Å². The maximum Gasteiger partial charge on any atom is 0.287 e. The zero-order valence-electron chi connectivity index (χ0n) is 12.2. The van der Waals surface area contributed by atoms with Gasteiger partial charge in [0.1, 0.15) is 11.5 Å². The predicted molar refractivity (Wildman–Crippen MR) is 84.2 cm³/mol. The second-order valence-electron chi connectivity index (χ2n) is 4.66. The van der Waals surface area contributed by atoms with Gasteiger partial charge in [0.25, 0.3) is 5.91 Å². The van der Waals surface area contributed by atoms with Gasteiger partial charge in [-0.3, -0.25) is 9.59 Å². The highest BCUT2D eigenvalue weighted by Gasteiger charge is 2.13. The van der Waals surface area contributed by atoms with Crippen molar-refractivity contribution in [3.05, 3.63) is 47.4 Å². The van der Waals surface area contributed by atoms with Crippen molar-refractivity contribution in [3.63, 3.8) is 0 Å². The molecule has 0 aliphatic heterocycles. The molecule has 0 unspecified atom stereocenters. The molecule has 0 bridgehead atoms. The van der Waals surface area contributed by atoms with Crippen LogP contribution in [0.2, 0.25) is 0 Å². The number of furan rings is 2. The van der Waals surface area contributed by atoms with Gasteiger partial charge in [0.2, 0.25) is 5.91 Å². The fourth-order valence-electron chi connectivity index (χ4n) is 1.84. The normalized spacial score (nSPS) is 10.5. The summed E-state index contributed by atoms with van der Waals surface area (Å²) in [6, 6.07) is 6.78. The third-order valence-electron chi connectivity index (χ3n) is 2.90. The molecule has 0 atom stereocenters. The van der Waals surface area contributed by atoms with Gasteiger partial charge in [-0.15, -0.1) is 11.3 Å². The molecule has 118 valence electrons. The number of aryl methyl sites for hydroxylation is 1. The molecular weight excluding hydrogens is 318 g/mol. The Balaban J connectivity index is 1.54. The number of carbonyl (C=O) groups is 2. The molecule has 0 saturated heterocycles. The Morgan fingerprint density at radius 2 is 2.17 bits per heavy atom. The van der Waals surface area contributed by atoms with Crippen LogP contribution in [0.25, 0.3) is 11.5 Å². The highest BCUT2D eigenvalue weighted by atomic mass is 32.1. The van der Waals surface area contributed by atoms with Crippen molar-refractivity contribution in [2.75, 3.05) is 11.9 Å². The van der Waals surface area contributed by atoms with Gasteiger partial charge in [-0.1, -0.05) is 0 Å². The summed E-state index contributed by atoms with van der Waals surface area (Å²) in [5.41, 5.74) is 0.651. The number of rotatable bonds is 5. The van der Waals surface area contributed by atoms with Gasteiger partial charge in [-0.2, -0.15) is 0 Å². The SMILES string of the molecule is Cc1ccc(-c2csc(NC(=O)CNC(=O)c3ccco3)n2)o1. The Morgan fingerprint density at radius 3 is 2.87 bits per heavy atom. The predicted octanol–water partition coefficient (Wildman–Crippen LogP) is 2.67. The molecule has 2 amide bonds. The fraction of sp³-hybridized carbons (Fsp3) is 0.133. The van der Waals surface area contributed by atoms with Crippen molar-refractivity contribution in [3.8, 4) is 11.5 Å². The Bertz CT molecular complexity index is 820. The Labute approximate surface area is 135 Å². The van der Waals surface area contributed by atoms with E-state index in [1.807, 2.05) is 19.1 Å². The van der Waals surface area contributed by atoms with E-state index in [-0.39, 0.29) is 18.2 Å². The Hall–Kier alpha value is -2.87. The third kappa shape index (κ3) is 3.67. The monoisotopic (exact) mass is 331 g/mol. The van der Waals surface area contributed by atoms with Gasteiger partial charge >= 0.3 is 0 Å². The van der Waals surface area contributed by atoms with E-state index in [2.05, 4.69) is 15.6 Å². The van der Waals surface area contributed by atoms with E-state index in [1.165, 1.54) is 23.7 Å². The maximum atomic E-state index is 11.8. The van der Waals surface area contributed by atoms with Crippen LogP contribution in [-0.4, -0.2) is 23.3 Å². The van der Waals surface area contributed by atoms with Crippen molar-refractivity contribution < 1.29 is 18.4 Å². The van der Waals surface area contributed by atoms with E-state index in [1.54, 1.807) is 11.4 Å². The fourth-order valence-corrected chi connectivity index (χ4v) is 2.55. The van der Waals surface area contributed by atoms with E-state index >= 15 is 0 Å². The number of nitrogens with one attached hydrogen (secondary N) is 2. The first-order valence-corrected chi connectivity index (χ1v) is 7.63. The van der Waals surface area contributed by atoms with Gasteiger partial charge in [-0.25, -0.2) is 4.98 Å². The standard InChI is InChI=1S/C15H13N3O4S/c1-9-4-5-11(22-9)10-8-23-15(17-10)18-13(19)7-16-14(20)12-3-2-6-21-12/h2-6,8H,7H2,1H3,(H,16,20)(H,17,18,19). The number of hydrogen-bond donors (Lipinski definition) is 2. The van der Waals surface area contributed by atoms with Crippen molar-refractivity contribution in [1.82, 2.24) is 10.3 Å². The number of amides is 2. The molecule has 2 N–H and O–H groups in total. The quantitative estimate of drug-likeness (QED) is 0.749. The molecule has 3 aromatic rings.